The Morgan fingerprint density at radius 1 is 1.30 bits per heavy atom. The molecule has 9 heteroatoms. The van der Waals surface area contributed by atoms with Gasteiger partial charge in [0.05, 0.1) is 28.0 Å². The largest absolute Gasteiger partial charge is 0.387 e. The Labute approximate surface area is 173 Å². The molecule has 3 aromatic rings. The van der Waals surface area contributed by atoms with Gasteiger partial charge in [0.2, 0.25) is 0 Å². The maximum Gasteiger partial charge on any atom is 0.166 e. The third-order valence-corrected chi connectivity index (χ3v) is 7.28. The van der Waals surface area contributed by atoms with Crippen LogP contribution in [0.5, 0.6) is 0 Å². The van der Waals surface area contributed by atoms with Crippen LogP contribution in [0.4, 0.5) is 0 Å². The number of aromatic nitrogens is 4. The van der Waals surface area contributed by atoms with Crippen LogP contribution in [-0.4, -0.2) is 40.8 Å². The summed E-state index contributed by atoms with van der Waals surface area (Å²) in [7, 11) is 0. The molecule has 1 N–H and O–H groups in total. The van der Waals surface area contributed by atoms with E-state index in [1.165, 1.54) is 6.33 Å². The summed E-state index contributed by atoms with van der Waals surface area (Å²) in [6, 6.07) is 9.61. The highest BCUT2D eigenvalue weighted by Crippen LogP contribution is 2.36. The van der Waals surface area contributed by atoms with Gasteiger partial charge in [0.1, 0.15) is 23.0 Å². The molecule has 1 aromatic carbocycles. The summed E-state index contributed by atoms with van der Waals surface area (Å²) in [5.41, 5.74) is 3.08. The Hall–Kier alpha value is -1.74. The van der Waals surface area contributed by atoms with Gasteiger partial charge in [-0.25, -0.2) is 15.0 Å². The molecule has 1 aliphatic rings. The first kappa shape index (κ1) is 18.6. The predicted molar refractivity (Wildman–Crippen MR) is 109 cm³/mol. The summed E-state index contributed by atoms with van der Waals surface area (Å²) in [6.45, 7) is 1.95. The SMILES string of the molecule is C[C@H]1O[C@@H](n2cnc3c(SCc4ccc(C#N)cc4)ncnc32)[C@H](O)[C@@H]1I. The maximum atomic E-state index is 10.5. The van der Waals surface area contributed by atoms with Crippen molar-refractivity contribution in [1.29, 1.82) is 5.26 Å². The zero-order valence-electron chi connectivity index (χ0n) is 14.4. The van der Waals surface area contributed by atoms with Crippen LogP contribution in [0.3, 0.4) is 0 Å². The standard InChI is InChI=1S/C18H16IN5O2S/c1-10-13(19)15(25)18(26-10)24-9-23-14-16(24)21-8-22-17(14)27-7-12-4-2-11(6-20)3-5-12/h2-5,8-10,13,15,18,25H,7H2,1H3/t10-,13-,15-,18-/m1/s1. The number of aliphatic hydroxyl groups is 1. The number of hydrogen-bond acceptors (Lipinski definition) is 7. The number of nitriles is 1. The second kappa shape index (κ2) is 7.71. The van der Waals surface area contributed by atoms with Crippen molar-refractivity contribution in [2.45, 2.75) is 40.1 Å². The zero-order chi connectivity index (χ0) is 19.0. The molecule has 0 unspecified atom stereocenters. The first-order valence-electron chi connectivity index (χ1n) is 8.35. The average molecular weight is 493 g/mol. The van der Waals surface area contributed by atoms with E-state index < -0.39 is 12.3 Å². The number of imidazole rings is 1. The normalized spacial score (nSPS) is 25.0. The molecule has 1 fully saturated rings. The van der Waals surface area contributed by atoms with Gasteiger partial charge in [0.25, 0.3) is 0 Å². The van der Waals surface area contributed by atoms with Gasteiger partial charge in [-0.05, 0) is 24.6 Å². The lowest BCUT2D eigenvalue weighted by Crippen LogP contribution is -2.25. The Balaban J connectivity index is 1.58. The second-order valence-electron chi connectivity index (χ2n) is 6.27. The third-order valence-electron chi connectivity index (χ3n) is 4.48. The van der Waals surface area contributed by atoms with E-state index >= 15 is 0 Å². The van der Waals surface area contributed by atoms with Gasteiger partial charge in [-0.15, -0.1) is 0 Å². The van der Waals surface area contributed by atoms with Gasteiger partial charge in [-0.2, -0.15) is 5.26 Å². The highest BCUT2D eigenvalue weighted by Gasteiger charge is 2.41. The topological polar surface area (TPSA) is 96.9 Å². The van der Waals surface area contributed by atoms with Gasteiger partial charge in [-0.1, -0.05) is 46.5 Å². The predicted octanol–water partition coefficient (Wildman–Crippen LogP) is 3.07. The van der Waals surface area contributed by atoms with Crippen LogP contribution in [0, 0.1) is 11.3 Å². The van der Waals surface area contributed by atoms with E-state index in [4.69, 9.17) is 10.00 Å². The first-order chi connectivity index (χ1) is 13.1. The van der Waals surface area contributed by atoms with E-state index in [9.17, 15) is 5.11 Å². The van der Waals surface area contributed by atoms with Gasteiger partial charge < -0.3 is 9.84 Å². The number of halogens is 1. The number of fused-ring (bicyclic) bond motifs is 1. The van der Waals surface area contributed by atoms with Crippen molar-refractivity contribution in [3.63, 3.8) is 0 Å². The molecule has 4 atom stereocenters. The smallest absolute Gasteiger partial charge is 0.166 e. The molecule has 0 amide bonds. The van der Waals surface area contributed by atoms with Gasteiger partial charge in [-0.3, -0.25) is 4.57 Å². The Morgan fingerprint density at radius 3 is 2.74 bits per heavy atom. The number of rotatable bonds is 4. The molecular formula is C18H16IN5O2S. The van der Waals surface area contributed by atoms with Gasteiger partial charge in [0, 0.05) is 5.75 Å². The summed E-state index contributed by atoms with van der Waals surface area (Å²) in [6.07, 6.45) is 1.99. The van der Waals surface area contributed by atoms with Crippen LogP contribution in [0.25, 0.3) is 11.2 Å². The summed E-state index contributed by atoms with van der Waals surface area (Å²) in [5.74, 6) is 0.708. The zero-order valence-corrected chi connectivity index (χ0v) is 17.3. The maximum absolute atomic E-state index is 10.5. The lowest BCUT2D eigenvalue weighted by atomic mass is 10.2. The number of alkyl halides is 1. The Kier molecular flexibility index (Phi) is 5.32. The molecule has 0 aliphatic carbocycles. The minimum atomic E-state index is -0.622. The van der Waals surface area contributed by atoms with E-state index in [-0.39, 0.29) is 10.0 Å². The fraction of sp³-hybridized carbons (Fsp3) is 0.333. The van der Waals surface area contributed by atoms with Crippen LogP contribution in [0.15, 0.2) is 41.9 Å². The number of aliphatic hydroxyl groups excluding tert-OH is 1. The molecule has 1 saturated heterocycles. The molecule has 0 bridgehead atoms. The van der Waals surface area contributed by atoms with E-state index in [2.05, 4.69) is 43.6 Å². The van der Waals surface area contributed by atoms with Crippen molar-refractivity contribution in [3.05, 3.63) is 48.0 Å². The van der Waals surface area contributed by atoms with E-state index in [0.717, 1.165) is 10.6 Å². The lowest BCUT2D eigenvalue weighted by Gasteiger charge is -2.16. The quantitative estimate of drug-likeness (QED) is 0.258. The fourth-order valence-electron chi connectivity index (χ4n) is 2.99. The molecule has 0 saturated carbocycles. The van der Waals surface area contributed by atoms with E-state index in [1.54, 1.807) is 34.8 Å². The number of hydrogen-bond donors (Lipinski definition) is 1. The molecular weight excluding hydrogens is 477 g/mol. The van der Waals surface area contributed by atoms with Crippen LogP contribution in [0.1, 0.15) is 24.3 Å². The van der Waals surface area contributed by atoms with Crippen LogP contribution in [0.2, 0.25) is 0 Å². The molecule has 2 aromatic heterocycles. The monoisotopic (exact) mass is 493 g/mol. The molecule has 1 aliphatic heterocycles. The average Bonchev–Trinajstić information content (AvgIpc) is 3.23. The van der Waals surface area contributed by atoms with E-state index in [1.807, 2.05) is 19.1 Å². The lowest BCUT2D eigenvalue weighted by molar-refractivity contribution is -0.0297. The number of thioether (sulfide) groups is 1. The highest BCUT2D eigenvalue weighted by molar-refractivity contribution is 14.1. The van der Waals surface area contributed by atoms with E-state index in [0.29, 0.717) is 22.5 Å². The summed E-state index contributed by atoms with van der Waals surface area (Å²) in [4.78, 5) is 13.2. The minimum absolute atomic E-state index is 0.0112. The number of nitrogens with zero attached hydrogens (tertiary/aromatic N) is 5. The Morgan fingerprint density at radius 2 is 2.07 bits per heavy atom. The van der Waals surface area contributed by atoms with Crippen molar-refractivity contribution in [1.82, 2.24) is 19.5 Å². The highest BCUT2D eigenvalue weighted by atomic mass is 127. The van der Waals surface area contributed by atoms with Crippen molar-refractivity contribution in [2.75, 3.05) is 0 Å². The van der Waals surface area contributed by atoms with Crippen molar-refractivity contribution < 1.29 is 9.84 Å². The van der Waals surface area contributed by atoms with Crippen molar-refractivity contribution in [3.8, 4) is 6.07 Å². The molecule has 0 radical (unpaired) electrons. The first-order valence-corrected chi connectivity index (χ1v) is 10.6. The third kappa shape index (κ3) is 3.54. The summed E-state index contributed by atoms with van der Waals surface area (Å²) >= 11 is 3.77. The van der Waals surface area contributed by atoms with Crippen molar-refractivity contribution in [2.24, 2.45) is 0 Å². The molecule has 7 nitrogen and oxygen atoms in total. The number of ether oxygens (including phenoxy) is 1. The van der Waals surface area contributed by atoms with Gasteiger partial charge in [0.15, 0.2) is 11.9 Å². The molecule has 4 rings (SSSR count). The molecule has 3 heterocycles. The summed E-state index contributed by atoms with van der Waals surface area (Å²) < 4.78 is 7.69. The Bertz CT molecular complexity index is 1000. The van der Waals surface area contributed by atoms with Crippen LogP contribution in [-0.2, 0) is 10.5 Å². The summed E-state index contributed by atoms with van der Waals surface area (Å²) in [5, 5.41) is 20.1. The fourth-order valence-corrected chi connectivity index (χ4v) is 4.41. The molecule has 0 spiro atoms. The molecule has 27 heavy (non-hydrogen) atoms. The molecule has 138 valence electrons. The van der Waals surface area contributed by atoms with Gasteiger partial charge >= 0.3 is 0 Å². The van der Waals surface area contributed by atoms with Crippen LogP contribution >= 0.6 is 34.4 Å². The second-order valence-corrected chi connectivity index (χ2v) is 8.67. The van der Waals surface area contributed by atoms with Crippen LogP contribution < -0.4 is 0 Å². The minimum Gasteiger partial charge on any atom is -0.387 e. The van der Waals surface area contributed by atoms with Crippen molar-refractivity contribution >= 4 is 45.5 Å². The number of benzene rings is 1.